The fourth-order valence-corrected chi connectivity index (χ4v) is 1.94. The van der Waals surface area contributed by atoms with Crippen molar-refractivity contribution in [2.75, 3.05) is 11.4 Å². The van der Waals surface area contributed by atoms with E-state index in [0.29, 0.717) is 11.0 Å². The molecule has 1 aliphatic rings. The number of rotatable bonds is 4. The average Bonchev–Trinajstić information content (AvgIpc) is 3.04. The second kappa shape index (κ2) is 4.14. The number of pyridine rings is 1. The van der Waals surface area contributed by atoms with Crippen LogP contribution in [0.1, 0.15) is 25.3 Å². The number of thiocarbonyl (C=S) groups is 1. The van der Waals surface area contributed by atoms with Crippen molar-refractivity contribution in [3.05, 3.63) is 23.9 Å². The minimum atomic E-state index is 0.428. The highest BCUT2D eigenvalue weighted by atomic mass is 32.1. The van der Waals surface area contributed by atoms with Crippen molar-refractivity contribution in [1.82, 2.24) is 4.98 Å². The van der Waals surface area contributed by atoms with Crippen LogP contribution in [-0.2, 0) is 0 Å². The van der Waals surface area contributed by atoms with E-state index >= 15 is 0 Å². The first-order valence-electron chi connectivity index (χ1n) is 5.25. The zero-order valence-electron chi connectivity index (χ0n) is 8.81. The summed E-state index contributed by atoms with van der Waals surface area (Å²) in [7, 11) is 0. The molecule has 2 N–H and O–H groups in total. The van der Waals surface area contributed by atoms with Crippen LogP contribution in [0.2, 0.25) is 0 Å². The summed E-state index contributed by atoms with van der Waals surface area (Å²) in [5.74, 6) is 0.940. The zero-order chi connectivity index (χ0) is 10.8. The normalized spacial score (nSPS) is 15.0. The molecule has 15 heavy (non-hydrogen) atoms. The van der Waals surface area contributed by atoms with Crippen LogP contribution >= 0.6 is 12.2 Å². The molecule has 1 heterocycles. The lowest BCUT2D eigenvalue weighted by atomic mass is 10.2. The summed E-state index contributed by atoms with van der Waals surface area (Å²) < 4.78 is 0. The number of nitrogens with zero attached hydrogens (tertiary/aromatic N) is 2. The topological polar surface area (TPSA) is 42.2 Å². The van der Waals surface area contributed by atoms with Crippen molar-refractivity contribution in [3.63, 3.8) is 0 Å². The van der Waals surface area contributed by atoms with Crippen LogP contribution in [0.25, 0.3) is 0 Å². The van der Waals surface area contributed by atoms with E-state index in [1.54, 1.807) is 6.20 Å². The van der Waals surface area contributed by atoms with Gasteiger partial charge >= 0.3 is 0 Å². The maximum Gasteiger partial charge on any atom is 0.139 e. The first-order valence-corrected chi connectivity index (χ1v) is 5.66. The van der Waals surface area contributed by atoms with Gasteiger partial charge in [-0.15, -0.1) is 0 Å². The van der Waals surface area contributed by atoms with Crippen molar-refractivity contribution in [2.24, 2.45) is 5.73 Å². The molecule has 0 amide bonds. The van der Waals surface area contributed by atoms with Crippen LogP contribution in [-0.4, -0.2) is 22.6 Å². The predicted octanol–water partition coefficient (Wildman–Crippen LogP) is 1.70. The van der Waals surface area contributed by atoms with E-state index in [1.165, 1.54) is 12.8 Å². The van der Waals surface area contributed by atoms with Crippen LogP contribution < -0.4 is 10.6 Å². The van der Waals surface area contributed by atoms with E-state index < -0.39 is 0 Å². The highest BCUT2D eigenvalue weighted by Gasteiger charge is 2.30. The summed E-state index contributed by atoms with van der Waals surface area (Å²) in [6.07, 6.45) is 4.30. The molecule has 1 aromatic heterocycles. The predicted molar refractivity (Wildman–Crippen MR) is 66.2 cm³/mol. The summed E-state index contributed by atoms with van der Waals surface area (Å²) in [6.45, 7) is 3.09. The third-order valence-corrected chi connectivity index (χ3v) is 2.87. The Morgan fingerprint density at radius 1 is 1.67 bits per heavy atom. The molecular formula is C11H15N3S. The number of hydrogen-bond acceptors (Lipinski definition) is 3. The monoisotopic (exact) mass is 221 g/mol. The molecule has 0 aliphatic heterocycles. The first kappa shape index (κ1) is 10.4. The van der Waals surface area contributed by atoms with E-state index in [0.717, 1.165) is 17.9 Å². The van der Waals surface area contributed by atoms with Crippen LogP contribution in [0.4, 0.5) is 5.82 Å². The molecule has 0 saturated heterocycles. The summed E-state index contributed by atoms with van der Waals surface area (Å²) >= 11 is 5.03. The molecule has 3 nitrogen and oxygen atoms in total. The zero-order valence-corrected chi connectivity index (χ0v) is 9.63. The lowest BCUT2D eigenvalue weighted by molar-refractivity contribution is 0.807. The van der Waals surface area contributed by atoms with Crippen molar-refractivity contribution < 1.29 is 0 Å². The molecule has 1 saturated carbocycles. The first-order chi connectivity index (χ1) is 7.24. The Balaban J connectivity index is 2.36. The Morgan fingerprint density at radius 3 is 2.93 bits per heavy atom. The average molecular weight is 221 g/mol. The van der Waals surface area contributed by atoms with Crippen LogP contribution in [0.3, 0.4) is 0 Å². The molecule has 1 fully saturated rings. The van der Waals surface area contributed by atoms with Gasteiger partial charge in [-0.05, 0) is 31.9 Å². The van der Waals surface area contributed by atoms with Crippen molar-refractivity contribution >= 4 is 23.0 Å². The van der Waals surface area contributed by atoms with Gasteiger partial charge in [-0.25, -0.2) is 4.98 Å². The minimum absolute atomic E-state index is 0.428. The fraction of sp³-hybridized carbons (Fsp3) is 0.455. The SMILES string of the molecule is CCN(c1ncccc1C(N)=S)C1CC1. The van der Waals surface area contributed by atoms with Gasteiger partial charge in [0.2, 0.25) is 0 Å². The van der Waals surface area contributed by atoms with Crippen molar-refractivity contribution in [3.8, 4) is 0 Å². The van der Waals surface area contributed by atoms with Gasteiger partial charge in [0.1, 0.15) is 10.8 Å². The maximum atomic E-state index is 5.69. The molecule has 0 bridgehead atoms. The Hall–Kier alpha value is -1.16. The Kier molecular flexibility index (Phi) is 2.86. The second-order valence-electron chi connectivity index (χ2n) is 3.76. The largest absolute Gasteiger partial charge is 0.389 e. The van der Waals surface area contributed by atoms with Crippen molar-refractivity contribution in [1.29, 1.82) is 0 Å². The summed E-state index contributed by atoms with van der Waals surface area (Å²) in [6, 6.07) is 4.45. The minimum Gasteiger partial charge on any atom is -0.389 e. The molecule has 4 heteroatoms. The van der Waals surface area contributed by atoms with E-state index in [9.17, 15) is 0 Å². The van der Waals surface area contributed by atoms with Gasteiger partial charge in [0, 0.05) is 18.8 Å². The lowest BCUT2D eigenvalue weighted by Gasteiger charge is -2.23. The maximum absolute atomic E-state index is 5.69. The summed E-state index contributed by atoms with van der Waals surface area (Å²) in [5, 5.41) is 0. The molecular weight excluding hydrogens is 206 g/mol. The molecule has 0 aromatic carbocycles. The fourth-order valence-electron chi connectivity index (χ4n) is 1.79. The van der Waals surface area contributed by atoms with Gasteiger partial charge in [0.05, 0.1) is 5.56 Å². The Labute approximate surface area is 95.3 Å². The van der Waals surface area contributed by atoms with E-state index in [2.05, 4.69) is 16.8 Å². The molecule has 1 aliphatic carbocycles. The number of anilines is 1. The standard InChI is InChI=1S/C11H15N3S/c1-2-14(8-5-6-8)11-9(10(12)15)4-3-7-13-11/h3-4,7-8H,2,5-6H2,1H3,(H2,12,15). The molecule has 80 valence electrons. The Morgan fingerprint density at radius 2 is 2.40 bits per heavy atom. The number of nitrogens with two attached hydrogens (primary N) is 1. The van der Waals surface area contributed by atoms with Gasteiger partial charge in [-0.1, -0.05) is 12.2 Å². The molecule has 0 unspecified atom stereocenters. The molecule has 2 rings (SSSR count). The smallest absolute Gasteiger partial charge is 0.139 e. The highest BCUT2D eigenvalue weighted by molar-refractivity contribution is 7.80. The van der Waals surface area contributed by atoms with E-state index in [1.807, 2.05) is 12.1 Å². The van der Waals surface area contributed by atoms with Gasteiger partial charge in [-0.2, -0.15) is 0 Å². The molecule has 1 aromatic rings. The van der Waals surface area contributed by atoms with Gasteiger partial charge < -0.3 is 10.6 Å². The molecule has 0 radical (unpaired) electrons. The number of aromatic nitrogens is 1. The van der Waals surface area contributed by atoms with Crippen LogP contribution in [0.5, 0.6) is 0 Å². The third-order valence-electron chi connectivity index (χ3n) is 2.65. The van der Waals surface area contributed by atoms with Gasteiger partial charge in [0.25, 0.3) is 0 Å². The van der Waals surface area contributed by atoms with Crippen LogP contribution in [0, 0.1) is 0 Å². The summed E-state index contributed by atoms with van der Waals surface area (Å²) in [4.78, 5) is 7.10. The van der Waals surface area contributed by atoms with Gasteiger partial charge in [-0.3, -0.25) is 0 Å². The highest BCUT2D eigenvalue weighted by Crippen LogP contribution is 2.31. The molecule has 0 atom stereocenters. The van der Waals surface area contributed by atoms with Gasteiger partial charge in [0.15, 0.2) is 0 Å². The summed E-state index contributed by atoms with van der Waals surface area (Å²) in [5.41, 5.74) is 6.58. The van der Waals surface area contributed by atoms with E-state index in [4.69, 9.17) is 18.0 Å². The van der Waals surface area contributed by atoms with Crippen LogP contribution in [0.15, 0.2) is 18.3 Å². The van der Waals surface area contributed by atoms with Crippen molar-refractivity contribution in [2.45, 2.75) is 25.8 Å². The lowest BCUT2D eigenvalue weighted by Crippen LogP contribution is -2.29. The van der Waals surface area contributed by atoms with E-state index in [-0.39, 0.29) is 0 Å². The Bertz CT molecular complexity index is 374. The number of hydrogen-bond donors (Lipinski definition) is 1. The quantitative estimate of drug-likeness (QED) is 0.786. The molecule has 0 spiro atoms. The second-order valence-corrected chi connectivity index (χ2v) is 4.20. The third kappa shape index (κ3) is 2.09.